The van der Waals surface area contributed by atoms with E-state index < -0.39 is 0 Å². The highest BCUT2D eigenvalue weighted by Crippen LogP contribution is 2.18. The molecule has 2 N–H and O–H groups in total. The average Bonchev–Trinajstić information content (AvgIpc) is 2.71. The predicted molar refractivity (Wildman–Crippen MR) is 125 cm³/mol. The smallest absolute Gasteiger partial charge is 0.191 e. The van der Waals surface area contributed by atoms with E-state index in [2.05, 4.69) is 27.8 Å². The van der Waals surface area contributed by atoms with Crippen LogP contribution in [0.2, 0.25) is 0 Å². The lowest BCUT2D eigenvalue weighted by molar-refractivity contribution is 0.223. The van der Waals surface area contributed by atoms with Crippen molar-refractivity contribution in [3.63, 3.8) is 0 Å². The number of ether oxygens (including phenoxy) is 3. The molecule has 0 spiro atoms. The Kier molecular flexibility index (Phi) is 11.2. The lowest BCUT2D eigenvalue weighted by atomic mass is 10.1. The van der Waals surface area contributed by atoms with E-state index in [1.807, 2.05) is 43.3 Å². The average molecular weight is 499 g/mol. The van der Waals surface area contributed by atoms with Crippen molar-refractivity contribution in [3.8, 4) is 17.2 Å². The number of benzene rings is 2. The van der Waals surface area contributed by atoms with E-state index in [0.29, 0.717) is 6.54 Å². The van der Waals surface area contributed by atoms with Crippen molar-refractivity contribution < 1.29 is 14.2 Å². The number of halogens is 1. The van der Waals surface area contributed by atoms with Crippen LogP contribution in [0.15, 0.2) is 53.5 Å². The zero-order valence-corrected chi connectivity index (χ0v) is 19.2. The summed E-state index contributed by atoms with van der Waals surface area (Å²) in [6, 6.07) is 15.7. The molecule has 0 aliphatic carbocycles. The molecule has 1 unspecified atom stereocenters. The minimum absolute atomic E-state index is 0. The first-order valence-electron chi connectivity index (χ1n) is 9.02. The molecule has 7 heteroatoms. The molecular formula is C21H30IN3O3. The predicted octanol–water partition coefficient (Wildman–Crippen LogP) is 3.50. The normalized spacial score (nSPS) is 11.8. The van der Waals surface area contributed by atoms with Crippen LogP contribution in [0.1, 0.15) is 12.5 Å². The zero-order valence-electron chi connectivity index (χ0n) is 16.9. The van der Waals surface area contributed by atoms with Gasteiger partial charge in [0.2, 0.25) is 0 Å². The molecule has 154 valence electrons. The van der Waals surface area contributed by atoms with Crippen molar-refractivity contribution in [2.75, 3.05) is 34.4 Å². The van der Waals surface area contributed by atoms with E-state index in [9.17, 15) is 0 Å². The molecule has 0 radical (unpaired) electrons. The van der Waals surface area contributed by atoms with E-state index >= 15 is 0 Å². The Morgan fingerprint density at radius 3 is 1.96 bits per heavy atom. The molecule has 0 aliphatic rings. The highest BCUT2D eigenvalue weighted by molar-refractivity contribution is 14.0. The summed E-state index contributed by atoms with van der Waals surface area (Å²) >= 11 is 0. The summed E-state index contributed by atoms with van der Waals surface area (Å²) in [6.45, 7) is 3.45. The fourth-order valence-corrected chi connectivity index (χ4v) is 2.51. The van der Waals surface area contributed by atoms with Crippen molar-refractivity contribution in [1.82, 2.24) is 10.6 Å². The molecule has 0 aromatic heterocycles. The molecule has 0 fully saturated rings. The number of hydrogen-bond donors (Lipinski definition) is 2. The second-order valence-electron chi connectivity index (χ2n) is 6.08. The summed E-state index contributed by atoms with van der Waals surface area (Å²) in [6.07, 6.45) is 0.904. The van der Waals surface area contributed by atoms with Gasteiger partial charge >= 0.3 is 0 Å². The lowest BCUT2D eigenvalue weighted by Crippen LogP contribution is -2.42. The van der Waals surface area contributed by atoms with Gasteiger partial charge in [0.25, 0.3) is 0 Å². The monoisotopic (exact) mass is 499 g/mol. The molecule has 2 aromatic rings. The fourth-order valence-electron chi connectivity index (χ4n) is 2.51. The minimum atomic E-state index is -0.00136. The third kappa shape index (κ3) is 8.24. The molecule has 0 saturated heterocycles. The SMILES string of the molecule is CN=C(NCCc1ccc(OC)cc1)NCC(C)Oc1ccc(OC)cc1.I. The Labute approximate surface area is 184 Å². The Balaban J connectivity index is 0.00000392. The highest BCUT2D eigenvalue weighted by Gasteiger charge is 2.06. The van der Waals surface area contributed by atoms with Gasteiger partial charge in [-0.2, -0.15) is 0 Å². The van der Waals surface area contributed by atoms with Crippen molar-refractivity contribution in [2.45, 2.75) is 19.4 Å². The summed E-state index contributed by atoms with van der Waals surface area (Å²) in [4.78, 5) is 4.25. The maximum absolute atomic E-state index is 5.89. The summed E-state index contributed by atoms with van der Waals surface area (Å²) in [7, 11) is 5.08. The van der Waals surface area contributed by atoms with Crippen molar-refractivity contribution >= 4 is 29.9 Å². The van der Waals surface area contributed by atoms with Gasteiger partial charge in [-0.3, -0.25) is 4.99 Å². The van der Waals surface area contributed by atoms with Gasteiger partial charge < -0.3 is 24.8 Å². The highest BCUT2D eigenvalue weighted by atomic mass is 127. The standard InChI is InChI=1S/C21H29N3O3.HI/c1-16(27-20-11-9-19(26-4)10-12-20)15-24-21(22-2)23-14-13-17-5-7-18(25-3)8-6-17;/h5-12,16H,13-15H2,1-4H3,(H2,22,23,24);1H. The van der Waals surface area contributed by atoms with Crippen LogP contribution in [0.5, 0.6) is 17.2 Å². The van der Waals surface area contributed by atoms with E-state index in [4.69, 9.17) is 14.2 Å². The largest absolute Gasteiger partial charge is 0.497 e. The summed E-state index contributed by atoms with van der Waals surface area (Å²) in [5.41, 5.74) is 1.25. The molecule has 1 atom stereocenters. The maximum Gasteiger partial charge on any atom is 0.191 e. The van der Waals surface area contributed by atoms with E-state index in [1.165, 1.54) is 5.56 Å². The van der Waals surface area contributed by atoms with Crippen LogP contribution >= 0.6 is 24.0 Å². The van der Waals surface area contributed by atoms with Crippen molar-refractivity contribution in [2.24, 2.45) is 4.99 Å². The summed E-state index contributed by atoms with van der Waals surface area (Å²) in [5.74, 6) is 3.26. The van der Waals surface area contributed by atoms with Gasteiger partial charge in [0.05, 0.1) is 20.8 Å². The zero-order chi connectivity index (χ0) is 19.5. The second-order valence-corrected chi connectivity index (χ2v) is 6.08. The Morgan fingerprint density at radius 1 is 0.893 bits per heavy atom. The Morgan fingerprint density at radius 2 is 1.43 bits per heavy atom. The van der Waals surface area contributed by atoms with Crippen LogP contribution in [0, 0.1) is 0 Å². The van der Waals surface area contributed by atoms with Crippen LogP contribution in [0.4, 0.5) is 0 Å². The molecule has 2 aromatic carbocycles. The van der Waals surface area contributed by atoms with E-state index in [1.54, 1.807) is 21.3 Å². The Bertz CT molecular complexity index is 706. The molecule has 2 rings (SSSR count). The van der Waals surface area contributed by atoms with Crippen LogP contribution in [0.25, 0.3) is 0 Å². The lowest BCUT2D eigenvalue weighted by Gasteiger charge is -2.18. The van der Waals surface area contributed by atoms with Crippen LogP contribution < -0.4 is 24.8 Å². The first-order chi connectivity index (χ1) is 13.1. The second kappa shape index (κ2) is 13.1. The summed E-state index contributed by atoms with van der Waals surface area (Å²) in [5, 5.41) is 6.60. The molecule has 0 amide bonds. The van der Waals surface area contributed by atoms with Crippen LogP contribution in [-0.4, -0.2) is 46.4 Å². The number of nitrogens with zero attached hydrogens (tertiary/aromatic N) is 1. The third-order valence-electron chi connectivity index (χ3n) is 4.04. The molecule has 28 heavy (non-hydrogen) atoms. The van der Waals surface area contributed by atoms with Gasteiger partial charge in [-0.1, -0.05) is 12.1 Å². The van der Waals surface area contributed by atoms with Gasteiger partial charge in [-0.25, -0.2) is 0 Å². The number of rotatable bonds is 9. The third-order valence-corrected chi connectivity index (χ3v) is 4.04. The first kappa shape index (κ1) is 23.9. The maximum atomic E-state index is 5.89. The first-order valence-corrected chi connectivity index (χ1v) is 9.02. The van der Waals surface area contributed by atoms with Crippen molar-refractivity contribution in [1.29, 1.82) is 0 Å². The van der Waals surface area contributed by atoms with Gasteiger partial charge in [-0.15, -0.1) is 24.0 Å². The van der Waals surface area contributed by atoms with Crippen LogP contribution in [-0.2, 0) is 6.42 Å². The van der Waals surface area contributed by atoms with Gasteiger partial charge in [0, 0.05) is 13.6 Å². The molecular weight excluding hydrogens is 469 g/mol. The van der Waals surface area contributed by atoms with Gasteiger partial charge in [0.1, 0.15) is 23.4 Å². The Hall–Kier alpha value is -2.16. The number of hydrogen-bond acceptors (Lipinski definition) is 4. The minimum Gasteiger partial charge on any atom is -0.497 e. The number of nitrogens with one attached hydrogen (secondary N) is 2. The topological polar surface area (TPSA) is 64.1 Å². The van der Waals surface area contributed by atoms with Crippen LogP contribution in [0.3, 0.4) is 0 Å². The number of aliphatic imine (C=N–C) groups is 1. The summed E-state index contributed by atoms with van der Waals surface area (Å²) < 4.78 is 16.2. The molecule has 0 saturated carbocycles. The van der Waals surface area contributed by atoms with E-state index in [-0.39, 0.29) is 30.1 Å². The van der Waals surface area contributed by atoms with E-state index in [0.717, 1.165) is 36.2 Å². The quantitative estimate of drug-likeness (QED) is 0.314. The fraction of sp³-hybridized carbons (Fsp3) is 0.381. The molecule has 6 nitrogen and oxygen atoms in total. The van der Waals surface area contributed by atoms with Crippen molar-refractivity contribution in [3.05, 3.63) is 54.1 Å². The number of guanidine groups is 1. The molecule has 0 bridgehead atoms. The number of methoxy groups -OCH3 is 2. The van der Waals surface area contributed by atoms with Gasteiger partial charge in [-0.05, 0) is 55.3 Å². The molecule has 0 heterocycles. The molecule has 0 aliphatic heterocycles. The van der Waals surface area contributed by atoms with Gasteiger partial charge in [0.15, 0.2) is 5.96 Å².